The van der Waals surface area contributed by atoms with Crippen molar-refractivity contribution in [3.05, 3.63) is 35.7 Å². The highest BCUT2D eigenvalue weighted by molar-refractivity contribution is 5.88. The number of hydrogen-bond donors (Lipinski definition) is 3. The van der Waals surface area contributed by atoms with Crippen molar-refractivity contribution < 1.29 is 19.2 Å². The Labute approximate surface area is 119 Å². The SMILES string of the molecule is Cc1noc(CNC(=O)Nc2ccc(CC(=O)O)nc2)n1. The van der Waals surface area contributed by atoms with Crippen molar-refractivity contribution in [1.82, 2.24) is 20.4 Å². The molecule has 3 N–H and O–H groups in total. The Hall–Kier alpha value is -2.97. The molecule has 0 bridgehead atoms. The number of rotatable bonds is 5. The molecule has 0 aliphatic carbocycles. The van der Waals surface area contributed by atoms with E-state index in [4.69, 9.17) is 9.63 Å². The molecule has 0 atom stereocenters. The Kier molecular flexibility index (Phi) is 4.44. The van der Waals surface area contributed by atoms with Crippen molar-refractivity contribution in [3.8, 4) is 0 Å². The summed E-state index contributed by atoms with van der Waals surface area (Å²) in [5.41, 5.74) is 0.859. The molecule has 0 spiro atoms. The molecule has 9 nitrogen and oxygen atoms in total. The first-order valence-electron chi connectivity index (χ1n) is 6.03. The van der Waals surface area contributed by atoms with Crippen LogP contribution in [0.5, 0.6) is 0 Å². The van der Waals surface area contributed by atoms with Crippen molar-refractivity contribution in [2.75, 3.05) is 5.32 Å². The number of aliphatic carboxylic acids is 1. The number of carboxylic acid groups (broad SMARTS) is 1. The minimum atomic E-state index is -0.962. The van der Waals surface area contributed by atoms with Crippen LogP contribution in [0.3, 0.4) is 0 Å². The van der Waals surface area contributed by atoms with Gasteiger partial charge in [0.15, 0.2) is 5.82 Å². The van der Waals surface area contributed by atoms with E-state index in [1.165, 1.54) is 12.3 Å². The number of urea groups is 1. The maximum atomic E-state index is 11.6. The highest BCUT2D eigenvalue weighted by Crippen LogP contribution is 2.06. The third-order valence-electron chi connectivity index (χ3n) is 2.38. The number of carboxylic acids is 1. The zero-order valence-electron chi connectivity index (χ0n) is 11.2. The summed E-state index contributed by atoms with van der Waals surface area (Å²) in [5.74, 6) is -0.168. The van der Waals surface area contributed by atoms with Gasteiger partial charge in [-0.1, -0.05) is 5.16 Å². The molecule has 0 unspecified atom stereocenters. The van der Waals surface area contributed by atoms with E-state index < -0.39 is 12.0 Å². The summed E-state index contributed by atoms with van der Waals surface area (Å²) in [5, 5.41) is 17.3. The Morgan fingerprint density at radius 3 is 2.76 bits per heavy atom. The summed E-state index contributed by atoms with van der Waals surface area (Å²) in [6, 6.07) is 2.64. The minimum Gasteiger partial charge on any atom is -0.481 e. The number of amides is 2. The van der Waals surface area contributed by atoms with E-state index in [-0.39, 0.29) is 13.0 Å². The van der Waals surface area contributed by atoms with Crippen LogP contribution in [0.4, 0.5) is 10.5 Å². The number of carbonyl (C=O) groups excluding carboxylic acids is 1. The van der Waals surface area contributed by atoms with Crippen molar-refractivity contribution in [2.24, 2.45) is 0 Å². The predicted octanol–water partition coefficient (Wildman–Crippen LogP) is 0.722. The zero-order valence-corrected chi connectivity index (χ0v) is 11.2. The summed E-state index contributed by atoms with van der Waals surface area (Å²) in [7, 11) is 0. The first-order valence-corrected chi connectivity index (χ1v) is 6.03. The van der Waals surface area contributed by atoms with Crippen molar-refractivity contribution in [3.63, 3.8) is 0 Å². The number of nitrogens with zero attached hydrogens (tertiary/aromatic N) is 3. The van der Waals surface area contributed by atoms with Gasteiger partial charge in [-0.2, -0.15) is 4.98 Å². The Balaban J connectivity index is 1.83. The molecule has 9 heteroatoms. The van der Waals surface area contributed by atoms with Gasteiger partial charge in [0.05, 0.1) is 30.5 Å². The second-order valence-electron chi connectivity index (χ2n) is 4.15. The van der Waals surface area contributed by atoms with Gasteiger partial charge in [0.25, 0.3) is 0 Å². The number of anilines is 1. The lowest BCUT2D eigenvalue weighted by atomic mass is 10.2. The lowest BCUT2D eigenvalue weighted by Crippen LogP contribution is -2.28. The standard InChI is InChI=1S/C12H13N5O4/c1-7-15-10(21-17-7)6-14-12(20)16-9-3-2-8(13-5-9)4-11(18)19/h2-3,5H,4,6H2,1H3,(H,18,19)(H2,14,16,20). The van der Waals surface area contributed by atoms with E-state index in [0.29, 0.717) is 23.1 Å². The summed E-state index contributed by atoms with van der Waals surface area (Å²) in [6.45, 7) is 1.79. The van der Waals surface area contributed by atoms with Gasteiger partial charge >= 0.3 is 12.0 Å². The van der Waals surface area contributed by atoms with E-state index in [1.807, 2.05) is 0 Å². The quantitative estimate of drug-likeness (QED) is 0.739. The first kappa shape index (κ1) is 14.4. The number of aromatic nitrogens is 3. The van der Waals surface area contributed by atoms with Crippen LogP contribution in [0, 0.1) is 6.92 Å². The summed E-state index contributed by atoms with van der Waals surface area (Å²) >= 11 is 0. The average molecular weight is 291 g/mol. The van der Waals surface area contributed by atoms with E-state index in [2.05, 4.69) is 25.8 Å². The van der Waals surface area contributed by atoms with Gasteiger partial charge < -0.3 is 20.3 Å². The molecular weight excluding hydrogens is 278 g/mol. The Bertz CT molecular complexity index is 637. The number of nitrogens with one attached hydrogen (secondary N) is 2. The summed E-state index contributed by atoms with van der Waals surface area (Å²) < 4.78 is 4.85. The summed E-state index contributed by atoms with van der Waals surface area (Å²) in [4.78, 5) is 30.0. The summed E-state index contributed by atoms with van der Waals surface area (Å²) in [6.07, 6.45) is 1.22. The van der Waals surface area contributed by atoms with Crippen molar-refractivity contribution >= 4 is 17.7 Å². The number of carbonyl (C=O) groups is 2. The van der Waals surface area contributed by atoms with Gasteiger partial charge in [-0.15, -0.1) is 0 Å². The van der Waals surface area contributed by atoms with Crippen LogP contribution in [0.25, 0.3) is 0 Å². The molecule has 110 valence electrons. The third kappa shape index (κ3) is 4.56. The molecule has 2 amide bonds. The largest absolute Gasteiger partial charge is 0.481 e. The fourth-order valence-electron chi connectivity index (χ4n) is 1.50. The molecular formula is C12H13N5O4. The maximum absolute atomic E-state index is 11.6. The third-order valence-corrected chi connectivity index (χ3v) is 2.38. The predicted molar refractivity (Wildman–Crippen MR) is 70.5 cm³/mol. The van der Waals surface area contributed by atoms with Crippen molar-refractivity contribution in [2.45, 2.75) is 19.9 Å². The van der Waals surface area contributed by atoms with Crippen LogP contribution < -0.4 is 10.6 Å². The monoisotopic (exact) mass is 291 g/mol. The van der Waals surface area contributed by atoms with Crippen LogP contribution >= 0.6 is 0 Å². The van der Waals surface area contributed by atoms with Crippen LogP contribution in [0.15, 0.2) is 22.9 Å². The second kappa shape index (κ2) is 6.46. The van der Waals surface area contributed by atoms with Crippen LogP contribution in [0.2, 0.25) is 0 Å². The van der Waals surface area contributed by atoms with E-state index in [1.54, 1.807) is 13.0 Å². The van der Waals surface area contributed by atoms with Gasteiger partial charge in [-0.25, -0.2) is 4.79 Å². The van der Waals surface area contributed by atoms with Crippen LogP contribution in [-0.4, -0.2) is 32.2 Å². The number of pyridine rings is 1. The second-order valence-corrected chi connectivity index (χ2v) is 4.15. The van der Waals surface area contributed by atoms with Crippen molar-refractivity contribution in [1.29, 1.82) is 0 Å². The fourth-order valence-corrected chi connectivity index (χ4v) is 1.50. The highest BCUT2D eigenvalue weighted by atomic mass is 16.5. The Morgan fingerprint density at radius 1 is 1.38 bits per heavy atom. The molecule has 0 aliphatic rings. The molecule has 0 aromatic carbocycles. The minimum absolute atomic E-state index is 0.108. The fraction of sp³-hybridized carbons (Fsp3) is 0.250. The average Bonchev–Trinajstić information content (AvgIpc) is 2.84. The molecule has 2 heterocycles. The lowest BCUT2D eigenvalue weighted by Gasteiger charge is -2.06. The number of hydrogen-bond acceptors (Lipinski definition) is 6. The molecule has 0 radical (unpaired) electrons. The molecule has 0 saturated carbocycles. The normalized spacial score (nSPS) is 10.1. The number of aryl methyl sites for hydroxylation is 1. The molecule has 2 aromatic rings. The van der Waals surface area contributed by atoms with Gasteiger partial charge in [0, 0.05) is 0 Å². The first-order chi connectivity index (χ1) is 10.0. The molecule has 0 saturated heterocycles. The van der Waals surface area contributed by atoms with Gasteiger partial charge in [-0.3, -0.25) is 9.78 Å². The van der Waals surface area contributed by atoms with E-state index >= 15 is 0 Å². The molecule has 2 rings (SSSR count). The maximum Gasteiger partial charge on any atom is 0.319 e. The van der Waals surface area contributed by atoms with Gasteiger partial charge in [0.1, 0.15) is 0 Å². The molecule has 0 aliphatic heterocycles. The lowest BCUT2D eigenvalue weighted by molar-refractivity contribution is -0.136. The van der Waals surface area contributed by atoms with E-state index in [0.717, 1.165) is 0 Å². The highest BCUT2D eigenvalue weighted by Gasteiger charge is 2.07. The molecule has 0 fully saturated rings. The van der Waals surface area contributed by atoms with Gasteiger partial charge in [0.2, 0.25) is 5.89 Å². The molecule has 2 aromatic heterocycles. The molecule has 21 heavy (non-hydrogen) atoms. The van der Waals surface area contributed by atoms with Crippen LogP contribution in [0.1, 0.15) is 17.4 Å². The van der Waals surface area contributed by atoms with Gasteiger partial charge in [-0.05, 0) is 19.1 Å². The van der Waals surface area contributed by atoms with Crippen LogP contribution in [-0.2, 0) is 17.8 Å². The Morgan fingerprint density at radius 2 is 2.19 bits per heavy atom. The topological polar surface area (TPSA) is 130 Å². The zero-order chi connectivity index (χ0) is 15.2. The smallest absolute Gasteiger partial charge is 0.319 e. The van der Waals surface area contributed by atoms with E-state index in [9.17, 15) is 9.59 Å².